The van der Waals surface area contributed by atoms with Crippen molar-refractivity contribution in [2.24, 2.45) is 0 Å². The number of nitrogens with zero attached hydrogens (tertiary/aromatic N) is 5. The van der Waals surface area contributed by atoms with Gasteiger partial charge in [-0.2, -0.15) is 5.10 Å². The first-order chi connectivity index (χ1) is 17.7. The number of thioether (sulfide) groups is 1. The molecule has 0 radical (unpaired) electrons. The Morgan fingerprint density at radius 2 is 1.81 bits per heavy atom. The zero-order chi connectivity index (χ0) is 24.5. The Labute approximate surface area is 214 Å². The molecule has 1 aromatic carbocycles. The number of ether oxygens (including phenoxy) is 1. The fourth-order valence-electron chi connectivity index (χ4n) is 5.17. The second kappa shape index (κ2) is 10.1. The number of rotatable bonds is 6. The third kappa shape index (κ3) is 4.53. The van der Waals surface area contributed by atoms with E-state index < -0.39 is 0 Å². The number of aromatic nitrogens is 4. The van der Waals surface area contributed by atoms with Crippen molar-refractivity contribution in [2.45, 2.75) is 36.8 Å². The topological polar surface area (TPSA) is 67.6 Å². The molecule has 1 saturated heterocycles. The second-order valence-electron chi connectivity index (χ2n) is 9.30. The van der Waals surface area contributed by atoms with Crippen LogP contribution in [0, 0.1) is 5.82 Å². The van der Waals surface area contributed by atoms with Gasteiger partial charge >= 0.3 is 0 Å². The van der Waals surface area contributed by atoms with Crippen LogP contribution < -0.4 is 10.2 Å². The second-order valence-corrected chi connectivity index (χ2v) is 10.1. The number of hydrogen-bond acceptors (Lipinski definition) is 7. The third-order valence-corrected chi connectivity index (χ3v) is 7.73. The molecule has 0 bridgehead atoms. The van der Waals surface area contributed by atoms with Gasteiger partial charge in [-0.1, -0.05) is 12.8 Å². The summed E-state index contributed by atoms with van der Waals surface area (Å²) < 4.78 is 21.3. The van der Waals surface area contributed by atoms with Gasteiger partial charge in [-0.15, -0.1) is 11.8 Å². The number of pyridine rings is 1. The molecule has 1 N–H and O–H groups in total. The number of anilines is 2. The molecule has 4 heterocycles. The Morgan fingerprint density at radius 3 is 2.56 bits per heavy atom. The Balaban J connectivity index is 1.53. The number of benzene rings is 1. The van der Waals surface area contributed by atoms with E-state index in [9.17, 15) is 4.39 Å². The van der Waals surface area contributed by atoms with Gasteiger partial charge in [0.2, 0.25) is 0 Å². The van der Waals surface area contributed by atoms with E-state index in [2.05, 4.69) is 38.6 Å². The van der Waals surface area contributed by atoms with E-state index in [0.29, 0.717) is 6.04 Å². The van der Waals surface area contributed by atoms with Crippen molar-refractivity contribution in [1.82, 2.24) is 19.6 Å². The van der Waals surface area contributed by atoms with Crippen LogP contribution in [0.2, 0.25) is 0 Å². The molecular weight excluding hydrogens is 475 g/mol. The lowest BCUT2D eigenvalue weighted by Crippen LogP contribution is -2.36. The van der Waals surface area contributed by atoms with Crippen molar-refractivity contribution < 1.29 is 9.13 Å². The lowest BCUT2D eigenvalue weighted by molar-refractivity contribution is 0.122. The molecule has 1 aliphatic carbocycles. The van der Waals surface area contributed by atoms with Crippen LogP contribution in [0.5, 0.6) is 0 Å². The summed E-state index contributed by atoms with van der Waals surface area (Å²) in [7, 11) is 0. The summed E-state index contributed by atoms with van der Waals surface area (Å²) in [5, 5.41) is 9.65. The highest BCUT2D eigenvalue weighted by Gasteiger charge is 2.23. The first-order valence-electron chi connectivity index (χ1n) is 12.5. The molecule has 1 aliphatic heterocycles. The van der Waals surface area contributed by atoms with Crippen molar-refractivity contribution in [2.75, 3.05) is 42.8 Å². The fourth-order valence-corrected chi connectivity index (χ4v) is 5.72. The molecule has 7 nitrogen and oxygen atoms in total. The minimum atomic E-state index is -0.270. The highest BCUT2D eigenvalue weighted by Crippen LogP contribution is 2.38. The van der Waals surface area contributed by atoms with Gasteiger partial charge in [-0.05, 0) is 55.5 Å². The smallest absolute Gasteiger partial charge is 0.130 e. The summed E-state index contributed by atoms with van der Waals surface area (Å²) in [5.41, 5.74) is 5.44. The van der Waals surface area contributed by atoms with Gasteiger partial charge < -0.3 is 15.0 Å². The first kappa shape index (κ1) is 23.2. The van der Waals surface area contributed by atoms with Crippen LogP contribution >= 0.6 is 11.8 Å². The van der Waals surface area contributed by atoms with Gasteiger partial charge in [0, 0.05) is 36.4 Å². The summed E-state index contributed by atoms with van der Waals surface area (Å²) in [6, 6.07) is 13.3. The molecular formula is C27H29FN6OS. The molecule has 0 amide bonds. The molecule has 4 aromatic rings. The van der Waals surface area contributed by atoms with Gasteiger partial charge in [0.15, 0.2) is 0 Å². The van der Waals surface area contributed by atoms with Crippen LogP contribution in [-0.4, -0.2) is 58.2 Å². The average Bonchev–Trinajstić information content (AvgIpc) is 3.57. The number of fused-ring (bicyclic) bond motifs is 1. The molecule has 1 saturated carbocycles. The normalized spacial score (nSPS) is 16.7. The van der Waals surface area contributed by atoms with Crippen LogP contribution in [0.4, 0.5) is 15.9 Å². The lowest BCUT2D eigenvalue weighted by atomic mass is 10.0. The predicted molar refractivity (Wildman–Crippen MR) is 142 cm³/mol. The summed E-state index contributed by atoms with van der Waals surface area (Å²) in [6.45, 7) is 3.13. The van der Waals surface area contributed by atoms with E-state index in [0.717, 1.165) is 83.7 Å². The largest absolute Gasteiger partial charge is 0.378 e. The molecule has 2 fully saturated rings. The SMILES string of the molecule is CSc1cc(N2CCOCC2)cc2c(-c3cc(NC4CCCC4)ncn3)c(-c3ccc(F)cc3)nn12. The van der Waals surface area contributed by atoms with Crippen molar-refractivity contribution in [3.05, 3.63) is 54.6 Å². The molecule has 6 rings (SSSR count). The highest BCUT2D eigenvalue weighted by atomic mass is 32.2. The van der Waals surface area contributed by atoms with Crippen LogP contribution in [-0.2, 0) is 4.74 Å². The van der Waals surface area contributed by atoms with Gasteiger partial charge in [0.1, 0.15) is 28.7 Å². The van der Waals surface area contributed by atoms with Crippen LogP contribution in [0.15, 0.2) is 53.8 Å². The maximum Gasteiger partial charge on any atom is 0.130 e. The minimum absolute atomic E-state index is 0.270. The summed E-state index contributed by atoms with van der Waals surface area (Å²) in [6.07, 6.45) is 8.50. The van der Waals surface area contributed by atoms with Crippen molar-refractivity contribution in [3.8, 4) is 22.5 Å². The molecule has 3 aromatic heterocycles. The highest BCUT2D eigenvalue weighted by molar-refractivity contribution is 7.98. The molecule has 0 unspecified atom stereocenters. The Bertz CT molecular complexity index is 1360. The predicted octanol–water partition coefficient (Wildman–Crippen LogP) is 5.51. The zero-order valence-corrected chi connectivity index (χ0v) is 21.1. The standard InChI is InChI=1S/C27H29FN6OS/c1-36-25-15-21(33-10-12-35-13-11-33)14-23-26(27(32-34(23)25)18-6-8-19(28)9-7-18)22-16-24(30-17-29-22)31-20-4-2-3-5-20/h6-9,14-17,20H,2-5,10-13H2,1H3,(H,29,30,31). The number of morpholine rings is 1. The Hall–Kier alpha value is -3.17. The van der Waals surface area contributed by atoms with Crippen molar-refractivity contribution in [3.63, 3.8) is 0 Å². The first-order valence-corrected chi connectivity index (χ1v) is 13.7. The van der Waals surface area contributed by atoms with E-state index >= 15 is 0 Å². The summed E-state index contributed by atoms with van der Waals surface area (Å²) >= 11 is 1.65. The fraction of sp³-hybridized carbons (Fsp3) is 0.370. The van der Waals surface area contributed by atoms with E-state index in [4.69, 9.17) is 9.84 Å². The summed E-state index contributed by atoms with van der Waals surface area (Å²) in [5.74, 6) is 0.555. The maximum absolute atomic E-state index is 13.8. The molecule has 0 spiro atoms. The number of halogens is 1. The minimum Gasteiger partial charge on any atom is -0.378 e. The summed E-state index contributed by atoms with van der Waals surface area (Å²) in [4.78, 5) is 11.5. The number of hydrogen-bond donors (Lipinski definition) is 1. The quantitative estimate of drug-likeness (QED) is 0.347. The molecule has 186 valence electrons. The molecule has 9 heteroatoms. The van der Waals surface area contributed by atoms with E-state index in [1.165, 1.54) is 25.0 Å². The maximum atomic E-state index is 13.8. The van der Waals surface area contributed by atoms with Crippen molar-refractivity contribution >= 4 is 28.8 Å². The third-order valence-electron chi connectivity index (χ3n) is 7.02. The molecule has 0 atom stereocenters. The molecule has 2 aliphatic rings. The van der Waals surface area contributed by atoms with E-state index in [-0.39, 0.29) is 5.82 Å². The van der Waals surface area contributed by atoms with Crippen molar-refractivity contribution in [1.29, 1.82) is 0 Å². The van der Waals surface area contributed by atoms with Gasteiger partial charge in [-0.25, -0.2) is 18.9 Å². The van der Waals surface area contributed by atoms with Crippen LogP contribution in [0.1, 0.15) is 25.7 Å². The number of nitrogens with one attached hydrogen (secondary N) is 1. The van der Waals surface area contributed by atoms with Gasteiger partial charge in [-0.3, -0.25) is 0 Å². The van der Waals surface area contributed by atoms with Gasteiger partial charge in [0.25, 0.3) is 0 Å². The lowest BCUT2D eigenvalue weighted by Gasteiger charge is -2.29. The van der Waals surface area contributed by atoms with E-state index in [1.807, 2.05) is 10.6 Å². The van der Waals surface area contributed by atoms with Crippen LogP contribution in [0.3, 0.4) is 0 Å². The van der Waals surface area contributed by atoms with Gasteiger partial charge in [0.05, 0.1) is 30.0 Å². The van der Waals surface area contributed by atoms with E-state index in [1.54, 1.807) is 30.2 Å². The Kier molecular flexibility index (Phi) is 6.50. The average molecular weight is 505 g/mol. The zero-order valence-electron chi connectivity index (χ0n) is 20.3. The van der Waals surface area contributed by atoms with Crippen LogP contribution in [0.25, 0.3) is 28.0 Å². The Morgan fingerprint density at radius 1 is 1.03 bits per heavy atom. The monoisotopic (exact) mass is 504 g/mol. The molecule has 36 heavy (non-hydrogen) atoms.